The smallest absolute Gasteiger partial charge is 0.0860 e. The third-order valence-electron chi connectivity index (χ3n) is 4.41. The van der Waals surface area contributed by atoms with E-state index < -0.39 is 0 Å². The Morgan fingerprint density at radius 1 is 1.39 bits per heavy atom. The monoisotopic (exact) mass is 269 g/mol. The Bertz CT molecular complexity index is 402. The van der Waals surface area contributed by atoms with Gasteiger partial charge in [-0.2, -0.15) is 5.10 Å². The van der Waals surface area contributed by atoms with Crippen LogP contribution in [0.1, 0.15) is 50.9 Å². The van der Waals surface area contributed by atoms with E-state index in [1.54, 1.807) is 0 Å². The summed E-state index contributed by atoms with van der Waals surface area (Å²) >= 11 is 6.30. The molecule has 3 nitrogen and oxygen atoms in total. The summed E-state index contributed by atoms with van der Waals surface area (Å²) in [6.07, 6.45) is 5.41. The molecule has 1 aromatic rings. The van der Waals surface area contributed by atoms with Crippen LogP contribution in [0, 0.1) is 12.3 Å². The number of nitrogens with one attached hydrogen (secondary N) is 1. The van der Waals surface area contributed by atoms with Crippen molar-refractivity contribution in [3.63, 3.8) is 0 Å². The van der Waals surface area contributed by atoms with Gasteiger partial charge in [-0.05, 0) is 38.5 Å². The van der Waals surface area contributed by atoms with Gasteiger partial charge in [0.05, 0.1) is 16.4 Å². The second-order valence-corrected chi connectivity index (χ2v) is 5.85. The first-order valence-corrected chi connectivity index (χ1v) is 7.42. The van der Waals surface area contributed by atoms with Crippen LogP contribution in [0.3, 0.4) is 0 Å². The van der Waals surface area contributed by atoms with Crippen molar-refractivity contribution in [3.8, 4) is 0 Å². The van der Waals surface area contributed by atoms with Crippen LogP contribution < -0.4 is 5.32 Å². The first-order chi connectivity index (χ1) is 8.62. The van der Waals surface area contributed by atoms with E-state index in [0.29, 0.717) is 5.41 Å². The Morgan fingerprint density at radius 3 is 2.61 bits per heavy atom. The van der Waals surface area contributed by atoms with Gasteiger partial charge in [-0.15, -0.1) is 0 Å². The number of nitrogens with zero attached hydrogens (tertiary/aromatic N) is 2. The molecule has 1 aliphatic rings. The van der Waals surface area contributed by atoms with Crippen LogP contribution in [0.15, 0.2) is 0 Å². The zero-order valence-electron chi connectivity index (χ0n) is 11.7. The molecule has 102 valence electrons. The quantitative estimate of drug-likeness (QED) is 0.856. The van der Waals surface area contributed by atoms with Crippen molar-refractivity contribution in [2.24, 2.45) is 5.41 Å². The topological polar surface area (TPSA) is 29.9 Å². The number of rotatable bonds is 6. The number of hydrogen-bond acceptors (Lipinski definition) is 2. The van der Waals surface area contributed by atoms with Gasteiger partial charge in [0.25, 0.3) is 0 Å². The predicted octanol–water partition coefficient (Wildman–Crippen LogP) is 3.53. The highest BCUT2D eigenvalue weighted by atomic mass is 35.5. The number of hydrogen-bond donors (Lipinski definition) is 1. The van der Waals surface area contributed by atoms with Crippen LogP contribution in [0.4, 0.5) is 0 Å². The maximum Gasteiger partial charge on any atom is 0.0860 e. The van der Waals surface area contributed by atoms with Gasteiger partial charge in [0.2, 0.25) is 0 Å². The fraction of sp³-hybridized carbons (Fsp3) is 0.786. The van der Waals surface area contributed by atoms with Crippen molar-refractivity contribution < 1.29 is 0 Å². The van der Waals surface area contributed by atoms with Crippen molar-refractivity contribution in [2.45, 2.75) is 59.5 Å². The molecule has 0 unspecified atom stereocenters. The molecular formula is C14H24ClN3. The molecule has 1 saturated carbocycles. The SMILES string of the molecule is CCn1nc(C)c(Cl)c1CNCC1(CC)CCC1. The van der Waals surface area contributed by atoms with Gasteiger partial charge >= 0.3 is 0 Å². The van der Waals surface area contributed by atoms with Crippen molar-refractivity contribution in [2.75, 3.05) is 6.54 Å². The Labute approximate surface area is 115 Å². The third-order valence-corrected chi connectivity index (χ3v) is 4.90. The maximum absolute atomic E-state index is 6.30. The van der Waals surface area contributed by atoms with E-state index in [-0.39, 0.29) is 0 Å². The minimum absolute atomic E-state index is 0.554. The molecule has 4 heteroatoms. The summed E-state index contributed by atoms with van der Waals surface area (Å²) in [5, 5.41) is 8.84. The summed E-state index contributed by atoms with van der Waals surface area (Å²) in [5.74, 6) is 0. The lowest BCUT2D eigenvalue weighted by Gasteiger charge is -2.41. The molecule has 1 aliphatic carbocycles. The lowest BCUT2D eigenvalue weighted by Crippen LogP contribution is -2.39. The zero-order valence-corrected chi connectivity index (χ0v) is 12.5. The van der Waals surface area contributed by atoms with Crippen molar-refractivity contribution in [3.05, 3.63) is 16.4 Å². The fourth-order valence-electron chi connectivity index (χ4n) is 2.82. The van der Waals surface area contributed by atoms with Crippen LogP contribution >= 0.6 is 11.6 Å². The molecule has 0 amide bonds. The van der Waals surface area contributed by atoms with Crippen LogP contribution in [-0.4, -0.2) is 16.3 Å². The van der Waals surface area contributed by atoms with E-state index in [1.807, 2.05) is 11.6 Å². The Morgan fingerprint density at radius 2 is 2.11 bits per heavy atom. The summed E-state index contributed by atoms with van der Waals surface area (Å²) in [7, 11) is 0. The summed E-state index contributed by atoms with van der Waals surface area (Å²) in [6, 6.07) is 0. The van der Waals surface area contributed by atoms with E-state index in [1.165, 1.54) is 25.7 Å². The highest BCUT2D eigenvalue weighted by Crippen LogP contribution is 2.43. The van der Waals surface area contributed by atoms with Crippen molar-refractivity contribution >= 4 is 11.6 Å². The number of aryl methyl sites for hydroxylation is 2. The fourth-order valence-corrected chi connectivity index (χ4v) is 3.02. The van der Waals surface area contributed by atoms with E-state index in [4.69, 9.17) is 11.6 Å². The summed E-state index contributed by atoms with van der Waals surface area (Å²) < 4.78 is 2.00. The summed E-state index contributed by atoms with van der Waals surface area (Å²) in [6.45, 7) is 9.18. The third kappa shape index (κ3) is 2.57. The van der Waals surface area contributed by atoms with Crippen LogP contribution in [0.2, 0.25) is 5.02 Å². The van der Waals surface area contributed by atoms with E-state index in [0.717, 1.165) is 36.0 Å². The van der Waals surface area contributed by atoms with E-state index in [2.05, 4.69) is 24.3 Å². The molecule has 0 saturated heterocycles. The molecule has 0 aliphatic heterocycles. The molecule has 0 bridgehead atoms. The molecule has 1 aromatic heterocycles. The number of aromatic nitrogens is 2. The summed E-state index contributed by atoms with van der Waals surface area (Å²) in [4.78, 5) is 0. The summed E-state index contributed by atoms with van der Waals surface area (Å²) in [5.41, 5.74) is 2.62. The first-order valence-electron chi connectivity index (χ1n) is 7.04. The highest BCUT2D eigenvalue weighted by molar-refractivity contribution is 6.31. The molecular weight excluding hydrogens is 246 g/mol. The average molecular weight is 270 g/mol. The molecule has 1 heterocycles. The van der Waals surface area contributed by atoms with Gasteiger partial charge in [0, 0.05) is 19.6 Å². The Kier molecular flexibility index (Phi) is 4.33. The largest absolute Gasteiger partial charge is 0.311 e. The van der Waals surface area contributed by atoms with Crippen LogP contribution in [-0.2, 0) is 13.1 Å². The van der Waals surface area contributed by atoms with E-state index >= 15 is 0 Å². The zero-order chi connectivity index (χ0) is 13.2. The van der Waals surface area contributed by atoms with Crippen LogP contribution in [0.25, 0.3) is 0 Å². The van der Waals surface area contributed by atoms with Gasteiger partial charge in [-0.1, -0.05) is 24.9 Å². The lowest BCUT2D eigenvalue weighted by atomic mass is 9.67. The second kappa shape index (κ2) is 5.62. The van der Waals surface area contributed by atoms with Gasteiger partial charge in [-0.3, -0.25) is 4.68 Å². The van der Waals surface area contributed by atoms with Gasteiger partial charge in [-0.25, -0.2) is 0 Å². The average Bonchev–Trinajstić information content (AvgIpc) is 2.60. The van der Waals surface area contributed by atoms with Crippen molar-refractivity contribution in [1.29, 1.82) is 0 Å². The molecule has 0 spiro atoms. The molecule has 18 heavy (non-hydrogen) atoms. The molecule has 2 rings (SSSR count). The van der Waals surface area contributed by atoms with E-state index in [9.17, 15) is 0 Å². The van der Waals surface area contributed by atoms with Crippen LogP contribution in [0.5, 0.6) is 0 Å². The standard InChI is InChI=1S/C14H24ClN3/c1-4-14(7-6-8-14)10-16-9-12-13(15)11(3)17-18(12)5-2/h16H,4-10H2,1-3H3. The molecule has 1 N–H and O–H groups in total. The Balaban J connectivity index is 1.94. The normalized spacial score (nSPS) is 17.8. The maximum atomic E-state index is 6.30. The minimum atomic E-state index is 0.554. The molecule has 1 fully saturated rings. The molecule has 0 radical (unpaired) electrons. The van der Waals surface area contributed by atoms with Gasteiger partial charge in [0.1, 0.15) is 0 Å². The minimum Gasteiger partial charge on any atom is -0.311 e. The second-order valence-electron chi connectivity index (χ2n) is 5.47. The highest BCUT2D eigenvalue weighted by Gasteiger charge is 2.34. The van der Waals surface area contributed by atoms with Gasteiger partial charge in [0.15, 0.2) is 0 Å². The van der Waals surface area contributed by atoms with Crippen molar-refractivity contribution in [1.82, 2.24) is 15.1 Å². The lowest BCUT2D eigenvalue weighted by molar-refractivity contribution is 0.123. The Hall–Kier alpha value is -0.540. The molecule has 0 atom stereocenters. The molecule has 0 aromatic carbocycles. The first kappa shape index (κ1) is 13.9. The van der Waals surface area contributed by atoms with Gasteiger partial charge < -0.3 is 5.32 Å². The number of halogens is 1. The predicted molar refractivity (Wildman–Crippen MR) is 75.9 cm³/mol.